The van der Waals surface area contributed by atoms with E-state index in [-0.39, 0.29) is 11.3 Å². The lowest BCUT2D eigenvalue weighted by atomic mass is 9.89. The van der Waals surface area contributed by atoms with E-state index in [4.69, 9.17) is 4.74 Å². The Morgan fingerprint density at radius 2 is 1.47 bits per heavy atom. The van der Waals surface area contributed by atoms with E-state index < -0.39 is 38.2 Å². The largest absolute Gasteiger partial charge is 0.469 e. The van der Waals surface area contributed by atoms with Crippen molar-refractivity contribution in [1.29, 1.82) is 0 Å². The zero-order valence-corrected chi connectivity index (χ0v) is 19.0. The lowest BCUT2D eigenvalue weighted by molar-refractivity contribution is -0.139. The van der Waals surface area contributed by atoms with Crippen molar-refractivity contribution in [3.8, 4) is 11.1 Å². The molecule has 0 aliphatic rings. The Hall–Kier alpha value is -3.65. The van der Waals surface area contributed by atoms with Crippen LogP contribution in [0.4, 0.5) is 13.2 Å². The van der Waals surface area contributed by atoms with Crippen molar-refractivity contribution in [2.24, 2.45) is 0 Å². The van der Waals surface area contributed by atoms with Crippen LogP contribution >= 0.6 is 0 Å². The minimum atomic E-state index is -4.17. The maximum Gasteiger partial charge on any atom is 0.309 e. The van der Waals surface area contributed by atoms with Gasteiger partial charge in [-0.05, 0) is 76.3 Å². The van der Waals surface area contributed by atoms with E-state index in [1.807, 2.05) is 0 Å². The number of ether oxygens (including phenoxy) is 1. The number of benzene rings is 4. The van der Waals surface area contributed by atoms with E-state index >= 15 is 0 Å². The first-order chi connectivity index (χ1) is 16.1. The number of hydrogen-bond acceptors (Lipinski definition) is 4. The average Bonchev–Trinajstić information content (AvgIpc) is 2.79. The fourth-order valence-electron chi connectivity index (χ4n) is 3.93. The number of esters is 1. The highest BCUT2D eigenvalue weighted by Crippen LogP contribution is 2.36. The van der Waals surface area contributed by atoms with Gasteiger partial charge in [0.05, 0.1) is 23.3 Å². The smallest absolute Gasteiger partial charge is 0.309 e. The van der Waals surface area contributed by atoms with E-state index in [1.54, 1.807) is 19.1 Å². The summed E-state index contributed by atoms with van der Waals surface area (Å²) in [4.78, 5) is 11.3. The van der Waals surface area contributed by atoms with E-state index in [2.05, 4.69) is 0 Å². The number of sulfone groups is 1. The van der Waals surface area contributed by atoms with Crippen molar-refractivity contribution >= 4 is 26.6 Å². The van der Waals surface area contributed by atoms with Crippen molar-refractivity contribution < 1.29 is 31.1 Å². The summed E-state index contributed by atoms with van der Waals surface area (Å²) >= 11 is 0. The molecule has 4 rings (SSSR count). The Morgan fingerprint density at radius 3 is 2.09 bits per heavy atom. The van der Waals surface area contributed by atoms with E-state index in [0.29, 0.717) is 39.1 Å². The molecule has 0 heterocycles. The van der Waals surface area contributed by atoms with Crippen LogP contribution in [-0.2, 0) is 25.8 Å². The maximum absolute atomic E-state index is 14.1. The zero-order chi connectivity index (χ0) is 24.6. The molecular formula is C26H19F3O4S. The van der Waals surface area contributed by atoms with Crippen molar-refractivity contribution in [2.75, 3.05) is 7.11 Å². The molecule has 4 nitrogen and oxygen atoms in total. The predicted octanol–water partition coefficient (Wildman–Crippen LogP) is 5.78. The third-order valence-corrected chi connectivity index (χ3v) is 7.38. The molecule has 0 N–H and O–H groups in total. The van der Waals surface area contributed by atoms with Crippen LogP contribution in [0, 0.1) is 24.4 Å². The Kier molecular flexibility index (Phi) is 6.18. The fraction of sp³-hybridized carbons (Fsp3) is 0.115. The number of rotatable bonds is 5. The summed E-state index contributed by atoms with van der Waals surface area (Å²) < 4.78 is 71.8. The fourth-order valence-corrected chi connectivity index (χ4v) is 5.24. The van der Waals surface area contributed by atoms with Crippen LogP contribution in [-0.4, -0.2) is 21.5 Å². The molecule has 34 heavy (non-hydrogen) atoms. The molecule has 0 aliphatic heterocycles. The van der Waals surface area contributed by atoms with Gasteiger partial charge in [-0.2, -0.15) is 0 Å². The van der Waals surface area contributed by atoms with Gasteiger partial charge in [0, 0.05) is 6.07 Å². The molecule has 8 heteroatoms. The lowest BCUT2D eigenvalue weighted by Gasteiger charge is -2.16. The normalized spacial score (nSPS) is 11.6. The second-order valence-electron chi connectivity index (χ2n) is 7.79. The monoisotopic (exact) mass is 484 g/mol. The van der Waals surface area contributed by atoms with Gasteiger partial charge in [0.2, 0.25) is 9.84 Å². The first kappa shape index (κ1) is 23.5. The summed E-state index contributed by atoms with van der Waals surface area (Å²) in [5.74, 6) is -2.87. The van der Waals surface area contributed by atoms with Gasteiger partial charge in [0.1, 0.15) is 17.5 Å². The summed E-state index contributed by atoms with van der Waals surface area (Å²) in [6.07, 6.45) is 0.0141. The van der Waals surface area contributed by atoms with Crippen molar-refractivity contribution in [3.63, 3.8) is 0 Å². The van der Waals surface area contributed by atoms with Crippen LogP contribution in [0.25, 0.3) is 21.9 Å². The number of carbonyl (C=O) groups is 1. The lowest BCUT2D eigenvalue weighted by Crippen LogP contribution is -2.07. The number of fused-ring (bicyclic) bond motifs is 1. The Labute approximate surface area is 194 Å². The molecule has 0 saturated carbocycles. The van der Waals surface area contributed by atoms with Crippen LogP contribution in [0.3, 0.4) is 0 Å². The van der Waals surface area contributed by atoms with Crippen LogP contribution in [0.1, 0.15) is 11.1 Å². The van der Waals surface area contributed by atoms with Gasteiger partial charge in [-0.3, -0.25) is 4.79 Å². The predicted molar refractivity (Wildman–Crippen MR) is 122 cm³/mol. The Bertz CT molecular complexity index is 1510. The molecule has 0 radical (unpaired) electrons. The quantitative estimate of drug-likeness (QED) is 0.337. The third-order valence-electron chi connectivity index (χ3n) is 5.63. The summed E-state index contributed by atoms with van der Waals surface area (Å²) in [5, 5.41) is 1.29. The molecule has 0 amide bonds. The van der Waals surface area contributed by atoms with Crippen LogP contribution in [0.2, 0.25) is 0 Å². The first-order valence-electron chi connectivity index (χ1n) is 10.2. The number of halogens is 3. The molecule has 0 saturated heterocycles. The first-order valence-corrected chi connectivity index (χ1v) is 11.7. The standard InChI is InChI=1S/C26H19F3O4S/c1-15-18(10-25(30)33-2)9-17-3-6-19(27)14-24(17)26(15)16-4-7-22(8-5-16)34(31,32)23-12-20(28)11-21(29)13-23/h3-9,11-14H,10H2,1-2H3. The highest BCUT2D eigenvalue weighted by atomic mass is 32.2. The van der Waals surface area contributed by atoms with Gasteiger partial charge in [-0.25, -0.2) is 21.6 Å². The second kappa shape index (κ2) is 8.95. The summed E-state index contributed by atoms with van der Waals surface area (Å²) in [6.45, 7) is 1.79. The molecule has 4 aromatic carbocycles. The number of methoxy groups -OCH3 is 1. The van der Waals surface area contributed by atoms with Crippen LogP contribution in [0.5, 0.6) is 0 Å². The minimum Gasteiger partial charge on any atom is -0.469 e. The van der Waals surface area contributed by atoms with E-state index in [9.17, 15) is 26.4 Å². The van der Waals surface area contributed by atoms with Gasteiger partial charge in [-0.15, -0.1) is 0 Å². The highest BCUT2D eigenvalue weighted by molar-refractivity contribution is 7.91. The number of carbonyl (C=O) groups excluding carboxylic acids is 1. The highest BCUT2D eigenvalue weighted by Gasteiger charge is 2.21. The third kappa shape index (κ3) is 4.41. The zero-order valence-electron chi connectivity index (χ0n) is 18.2. The van der Waals surface area contributed by atoms with Gasteiger partial charge >= 0.3 is 5.97 Å². The summed E-state index contributed by atoms with van der Waals surface area (Å²) in [6, 6.07) is 13.9. The minimum absolute atomic E-state index is 0.0141. The molecule has 0 fully saturated rings. The van der Waals surface area contributed by atoms with Gasteiger partial charge in [-0.1, -0.05) is 24.3 Å². The second-order valence-corrected chi connectivity index (χ2v) is 9.74. The van der Waals surface area contributed by atoms with Crippen LogP contribution < -0.4 is 0 Å². The van der Waals surface area contributed by atoms with Crippen molar-refractivity contribution in [2.45, 2.75) is 23.1 Å². The van der Waals surface area contributed by atoms with Gasteiger partial charge < -0.3 is 4.74 Å². The van der Waals surface area contributed by atoms with Crippen molar-refractivity contribution in [3.05, 3.63) is 95.3 Å². The molecule has 0 bridgehead atoms. The summed E-state index contributed by atoms with van der Waals surface area (Å²) in [7, 11) is -2.88. The molecule has 0 unspecified atom stereocenters. The molecule has 0 spiro atoms. The van der Waals surface area contributed by atoms with Gasteiger partial charge in [0.15, 0.2) is 0 Å². The Morgan fingerprint density at radius 1 is 0.824 bits per heavy atom. The topological polar surface area (TPSA) is 60.4 Å². The molecular weight excluding hydrogens is 465 g/mol. The van der Waals surface area contributed by atoms with E-state index in [1.165, 1.54) is 43.5 Å². The molecule has 0 atom stereocenters. The average molecular weight is 484 g/mol. The van der Waals surface area contributed by atoms with Crippen LogP contribution in [0.15, 0.2) is 76.5 Å². The van der Waals surface area contributed by atoms with Crippen molar-refractivity contribution in [1.82, 2.24) is 0 Å². The Balaban J connectivity index is 1.86. The molecule has 174 valence electrons. The molecule has 0 aliphatic carbocycles. The molecule has 0 aromatic heterocycles. The molecule has 4 aromatic rings. The summed E-state index contributed by atoms with van der Waals surface area (Å²) in [5.41, 5.74) is 2.63. The van der Waals surface area contributed by atoms with E-state index in [0.717, 1.165) is 12.1 Å². The van der Waals surface area contributed by atoms with Gasteiger partial charge in [0.25, 0.3) is 0 Å². The SMILES string of the molecule is COC(=O)Cc1cc2ccc(F)cc2c(-c2ccc(S(=O)(=O)c3cc(F)cc(F)c3)cc2)c1C. The maximum atomic E-state index is 14.1. The number of hydrogen-bond donors (Lipinski definition) is 0.